The summed E-state index contributed by atoms with van der Waals surface area (Å²) in [5, 5.41) is 1.32. The molecule has 0 bridgehead atoms. The number of aryl methyl sites for hydroxylation is 1. The van der Waals surface area contributed by atoms with E-state index in [-0.39, 0.29) is 5.97 Å². The zero-order valence-electron chi connectivity index (χ0n) is 23.6. The van der Waals surface area contributed by atoms with Crippen molar-refractivity contribution in [2.45, 2.75) is 52.9 Å². The van der Waals surface area contributed by atoms with Gasteiger partial charge in [0.25, 0.3) is 0 Å². The van der Waals surface area contributed by atoms with Crippen molar-refractivity contribution in [1.82, 2.24) is 4.90 Å². The highest BCUT2D eigenvalue weighted by Crippen LogP contribution is 2.40. The third-order valence-corrected chi connectivity index (χ3v) is 8.28. The van der Waals surface area contributed by atoms with Crippen LogP contribution in [-0.4, -0.2) is 43.7 Å². The van der Waals surface area contributed by atoms with E-state index in [2.05, 4.69) is 77.7 Å². The Kier molecular flexibility index (Phi) is 11.0. The van der Waals surface area contributed by atoms with E-state index in [1.54, 1.807) is 0 Å². The van der Waals surface area contributed by atoms with Gasteiger partial charge in [-0.15, -0.1) is 11.3 Å². The molecule has 0 radical (unpaired) electrons. The molecular weight excluding hydrogens is 502 g/mol. The van der Waals surface area contributed by atoms with E-state index in [0.717, 1.165) is 30.9 Å². The van der Waals surface area contributed by atoms with Crippen LogP contribution in [0.15, 0.2) is 72.8 Å². The van der Waals surface area contributed by atoms with Crippen LogP contribution in [0.3, 0.4) is 0 Å². The van der Waals surface area contributed by atoms with Gasteiger partial charge in [-0.1, -0.05) is 68.4 Å². The lowest BCUT2D eigenvalue weighted by Gasteiger charge is -2.15. The molecule has 4 aromatic rings. The molecule has 0 amide bonds. The van der Waals surface area contributed by atoms with Crippen LogP contribution in [0.5, 0.6) is 5.75 Å². The molecule has 5 heteroatoms. The van der Waals surface area contributed by atoms with E-state index in [4.69, 9.17) is 9.47 Å². The fraction of sp³-hybridized carbons (Fsp3) is 0.382. The summed E-state index contributed by atoms with van der Waals surface area (Å²) in [5.41, 5.74) is 5.02. The Hall–Kier alpha value is -3.15. The number of carbonyl (C=O) groups excluding carboxylic acids is 1. The van der Waals surface area contributed by atoms with Gasteiger partial charge in [0, 0.05) is 22.5 Å². The first kappa shape index (κ1) is 28.8. The third-order valence-electron chi connectivity index (χ3n) is 7.02. The summed E-state index contributed by atoms with van der Waals surface area (Å²) in [6.07, 6.45) is 4.61. The molecule has 0 aliphatic carbocycles. The number of fused-ring (bicyclic) bond motifs is 1. The molecule has 0 N–H and O–H groups in total. The van der Waals surface area contributed by atoms with Crippen LogP contribution in [0.25, 0.3) is 20.5 Å². The summed E-state index contributed by atoms with van der Waals surface area (Å²) in [4.78, 5) is 15.5. The van der Waals surface area contributed by atoms with Crippen molar-refractivity contribution in [3.05, 3.63) is 89.5 Å². The maximum absolute atomic E-state index is 11.7. The number of hydrogen-bond donors (Lipinski definition) is 0. The molecule has 1 aromatic heterocycles. The van der Waals surface area contributed by atoms with E-state index in [1.807, 2.05) is 32.1 Å². The van der Waals surface area contributed by atoms with Crippen molar-refractivity contribution < 1.29 is 14.3 Å². The Morgan fingerprint density at radius 3 is 2.31 bits per heavy atom. The van der Waals surface area contributed by atoms with E-state index < -0.39 is 0 Å². The molecule has 5 rings (SSSR count). The van der Waals surface area contributed by atoms with Gasteiger partial charge in [-0.2, -0.15) is 0 Å². The van der Waals surface area contributed by atoms with E-state index in [1.165, 1.54) is 57.6 Å². The van der Waals surface area contributed by atoms with Crippen molar-refractivity contribution in [1.29, 1.82) is 0 Å². The molecule has 1 aliphatic rings. The lowest BCUT2D eigenvalue weighted by Crippen LogP contribution is -2.25. The Morgan fingerprint density at radius 2 is 1.59 bits per heavy atom. The first-order chi connectivity index (χ1) is 19.2. The molecule has 39 heavy (non-hydrogen) atoms. The smallest absolute Gasteiger partial charge is 0.306 e. The third kappa shape index (κ3) is 7.93. The SMILES string of the molecule is CC.CCOC(=O)CCc1ccc(-c2sc3ccccc3c2Cc2ccc(OCCN3CCCC3)cc2)cc1. The normalized spacial score (nSPS) is 13.2. The zero-order chi connectivity index (χ0) is 27.5. The van der Waals surface area contributed by atoms with E-state index in [0.29, 0.717) is 19.4 Å². The van der Waals surface area contributed by atoms with Gasteiger partial charge in [-0.25, -0.2) is 0 Å². The molecule has 0 unspecified atom stereocenters. The van der Waals surface area contributed by atoms with Gasteiger partial charge in [-0.3, -0.25) is 9.69 Å². The first-order valence-electron chi connectivity index (χ1n) is 14.4. The van der Waals surface area contributed by atoms with Gasteiger partial charge in [0.1, 0.15) is 12.4 Å². The molecule has 3 aromatic carbocycles. The first-order valence-corrected chi connectivity index (χ1v) is 15.2. The van der Waals surface area contributed by atoms with Gasteiger partial charge in [0.15, 0.2) is 0 Å². The molecular formula is C34H41NO3S. The van der Waals surface area contributed by atoms with Crippen molar-refractivity contribution in [3.8, 4) is 16.2 Å². The van der Waals surface area contributed by atoms with Crippen LogP contribution < -0.4 is 4.74 Å². The summed E-state index contributed by atoms with van der Waals surface area (Å²) in [5.74, 6) is 0.804. The van der Waals surface area contributed by atoms with Crippen LogP contribution in [0, 0.1) is 0 Å². The minimum Gasteiger partial charge on any atom is -0.492 e. The molecule has 2 heterocycles. The maximum Gasteiger partial charge on any atom is 0.306 e. The Labute approximate surface area is 237 Å². The van der Waals surface area contributed by atoms with Gasteiger partial charge in [-0.05, 0) is 91.5 Å². The number of hydrogen-bond acceptors (Lipinski definition) is 5. The number of benzene rings is 3. The van der Waals surface area contributed by atoms with E-state index in [9.17, 15) is 4.79 Å². The average Bonchev–Trinajstić information content (AvgIpc) is 3.63. The molecule has 206 valence electrons. The molecule has 4 nitrogen and oxygen atoms in total. The van der Waals surface area contributed by atoms with Crippen LogP contribution in [-0.2, 0) is 22.4 Å². The highest BCUT2D eigenvalue weighted by atomic mass is 32.1. The second-order valence-corrected chi connectivity index (χ2v) is 10.7. The van der Waals surface area contributed by atoms with Crippen LogP contribution >= 0.6 is 11.3 Å². The minimum absolute atomic E-state index is 0.138. The summed E-state index contributed by atoms with van der Waals surface area (Å²) < 4.78 is 12.4. The Bertz CT molecular complexity index is 1300. The number of nitrogens with zero attached hydrogens (tertiary/aromatic N) is 1. The molecule has 0 spiro atoms. The van der Waals surface area contributed by atoms with Crippen molar-refractivity contribution in [3.63, 3.8) is 0 Å². The molecule has 1 aliphatic heterocycles. The van der Waals surface area contributed by atoms with Crippen LogP contribution in [0.2, 0.25) is 0 Å². The standard InChI is InChI=1S/C32H35NO3S.C2H6/c1-2-35-31(34)18-13-24-9-14-26(15-10-24)32-29(28-7-3-4-8-30(28)37-32)23-25-11-16-27(17-12-25)36-22-21-33-19-5-6-20-33;1-2/h3-4,7-12,14-17H,2,5-6,13,18-23H2,1H3;1-2H3. The van der Waals surface area contributed by atoms with Crippen molar-refractivity contribution in [2.75, 3.05) is 32.8 Å². The van der Waals surface area contributed by atoms with Crippen molar-refractivity contribution >= 4 is 27.4 Å². The lowest BCUT2D eigenvalue weighted by atomic mass is 9.98. The predicted octanol–water partition coefficient (Wildman–Crippen LogP) is 8.16. The summed E-state index contributed by atoms with van der Waals surface area (Å²) in [7, 11) is 0. The largest absolute Gasteiger partial charge is 0.492 e. The monoisotopic (exact) mass is 543 g/mol. The molecule has 0 atom stereocenters. The fourth-order valence-corrected chi connectivity index (χ4v) is 6.24. The topological polar surface area (TPSA) is 38.8 Å². The highest BCUT2D eigenvalue weighted by Gasteiger charge is 2.15. The second-order valence-electron chi connectivity index (χ2n) is 9.63. The molecule has 0 saturated carbocycles. The Morgan fingerprint density at radius 1 is 0.897 bits per heavy atom. The number of esters is 1. The fourth-order valence-electron chi connectivity index (χ4n) is 5.02. The van der Waals surface area contributed by atoms with Gasteiger partial charge in [0.05, 0.1) is 6.61 Å². The van der Waals surface area contributed by atoms with Crippen LogP contribution in [0.1, 0.15) is 56.7 Å². The maximum atomic E-state index is 11.7. The number of likely N-dealkylation sites (tertiary alicyclic amines) is 1. The molecule has 1 fully saturated rings. The predicted molar refractivity (Wildman–Crippen MR) is 164 cm³/mol. The number of rotatable bonds is 11. The van der Waals surface area contributed by atoms with Gasteiger partial charge < -0.3 is 9.47 Å². The van der Waals surface area contributed by atoms with Crippen LogP contribution in [0.4, 0.5) is 0 Å². The average molecular weight is 544 g/mol. The number of ether oxygens (including phenoxy) is 2. The summed E-state index contributed by atoms with van der Waals surface area (Å²) in [6, 6.07) is 25.9. The second kappa shape index (κ2) is 14.9. The highest BCUT2D eigenvalue weighted by molar-refractivity contribution is 7.22. The van der Waals surface area contributed by atoms with Crippen molar-refractivity contribution in [2.24, 2.45) is 0 Å². The zero-order valence-corrected chi connectivity index (χ0v) is 24.4. The summed E-state index contributed by atoms with van der Waals surface area (Å²) >= 11 is 1.85. The minimum atomic E-state index is -0.138. The number of thiophene rings is 1. The lowest BCUT2D eigenvalue weighted by molar-refractivity contribution is -0.143. The summed E-state index contributed by atoms with van der Waals surface area (Å²) in [6.45, 7) is 10.4. The molecule has 1 saturated heterocycles. The quantitative estimate of drug-likeness (QED) is 0.179. The Balaban J connectivity index is 0.00000172. The van der Waals surface area contributed by atoms with Gasteiger partial charge >= 0.3 is 5.97 Å². The number of carbonyl (C=O) groups is 1. The van der Waals surface area contributed by atoms with Gasteiger partial charge in [0.2, 0.25) is 0 Å². The van der Waals surface area contributed by atoms with E-state index >= 15 is 0 Å².